The number of nitrogens with zero attached hydrogens (tertiary/aromatic N) is 2. The summed E-state index contributed by atoms with van der Waals surface area (Å²) >= 11 is 0.977. The highest BCUT2D eigenvalue weighted by Crippen LogP contribution is 2.26. The molecule has 0 unspecified atom stereocenters. The number of halogens is 1. The lowest BCUT2D eigenvalue weighted by Crippen LogP contribution is -2.19. The quantitative estimate of drug-likeness (QED) is 0.381. The number of ether oxygens (including phenoxy) is 1. The molecule has 1 amide bonds. The van der Waals surface area contributed by atoms with Gasteiger partial charge in [0.15, 0.2) is 5.17 Å². The summed E-state index contributed by atoms with van der Waals surface area (Å²) in [6.07, 6.45) is 2.56. The highest BCUT2D eigenvalue weighted by Gasteiger charge is 2.25. The third-order valence-electron chi connectivity index (χ3n) is 3.57. The van der Waals surface area contributed by atoms with Crippen molar-refractivity contribution in [2.24, 2.45) is 10.2 Å². The van der Waals surface area contributed by atoms with E-state index in [9.17, 15) is 14.0 Å². The van der Waals surface area contributed by atoms with Gasteiger partial charge in [0.05, 0.1) is 18.2 Å². The predicted octanol–water partition coefficient (Wildman–Crippen LogP) is 3.10. The summed E-state index contributed by atoms with van der Waals surface area (Å²) in [5, 5.41) is 10.6. The lowest BCUT2D eigenvalue weighted by Gasteiger charge is -2.06. The van der Waals surface area contributed by atoms with Gasteiger partial charge in [-0.25, -0.2) is 9.18 Å². The summed E-state index contributed by atoms with van der Waals surface area (Å²) in [5.41, 5.74) is 1.81. The van der Waals surface area contributed by atoms with Gasteiger partial charge in [0.25, 0.3) is 5.91 Å². The van der Waals surface area contributed by atoms with E-state index in [4.69, 9.17) is 0 Å². The number of amidine groups is 1. The van der Waals surface area contributed by atoms with Crippen LogP contribution >= 0.6 is 11.8 Å². The summed E-state index contributed by atoms with van der Waals surface area (Å²) in [7, 11) is 1.23. The van der Waals surface area contributed by atoms with Crippen LogP contribution in [0.2, 0.25) is 0 Å². The first-order chi connectivity index (χ1) is 13.1. The molecule has 0 saturated carbocycles. The molecule has 1 fully saturated rings. The molecule has 3 rings (SSSR count). The standard InChI is InChI=1S/C19H14FN3O3S/c1-26-17(24)10-16-18(25)22-19(27-16)23-21-11-12-6-2-3-7-13(12)14-8-4-5-9-15(14)20/h2-11H,1H3,(H,22,23,25)/b16-10+,21-11?. The molecule has 1 saturated heterocycles. The molecule has 0 aliphatic carbocycles. The van der Waals surface area contributed by atoms with Gasteiger partial charge >= 0.3 is 5.97 Å². The number of nitrogens with one attached hydrogen (secondary N) is 1. The lowest BCUT2D eigenvalue weighted by molar-refractivity contribution is -0.135. The van der Waals surface area contributed by atoms with Crippen LogP contribution in [-0.2, 0) is 14.3 Å². The van der Waals surface area contributed by atoms with E-state index in [1.807, 2.05) is 12.1 Å². The minimum atomic E-state index is -0.629. The van der Waals surface area contributed by atoms with Crippen LogP contribution in [0.3, 0.4) is 0 Å². The summed E-state index contributed by atoms with van der Waals surface area (Å²) in [6.45, 7) is 0. The molecule has 0 spiro atoms. The molecule has 6 nitrogen and oxygen atoms in total. The SMILES string of the molecule is COC(=O)/C=C1/S/C(=N\N=Cc2ccccc2-c2ccccc2F)NC1=O. The minimum Gasteiger partial charge on any atom is -0.466 e. The normalized spacial score (nSPS) is 16.9. The van der Waals surface area contributed by atoms with Crippen molar-refractivity contribution < 1.29 is 18.7 Å². The maximum absolute atomic E-state index is 14.1. The summed E-state index contributed by atoms with van der Waals surface area (Å²) in [4.78, 5) is 23.2. The Balaban J connectivity index is 1.81. The zero-order valence-corrected chi connectivity index (χ0v) is 15.0. The van der Waals surface area contributed by atoms with E-state index in [-0.39, 0.29) is 15.9 Å². The molecule has 8 heteroatoms. The Hall–Kier alpha value is -3.26. The van der Waals surface area contributed by atoms with E-state index in [1.54, 1.807) is 30.3 Å². The third-order valence-corrected chi connectivity index (χ3v) is 4.47. The third kappa shape index (κ3) is 4.48. The van der Waals surface area contributed by atoms with Gasteiger partial charge in [-0.05, 0) is 23.4 Å². The number of esters is 1. The fraction of sp³-hybridized carbons (Fsp3) is 0.0526. The van der Waals surface area contributed by atoms with Crippen LogP contribution in [0, 0.1) is 5.82 Å². The molecule has 1 aliphatic rings. The first-order valence-electron chi connectivity index (χ1n) is 7.82. The minimum absolute atomic E-state index is 0.169. The summed E-state index contributed by atoms with van der Waals surface area (Å²) in [6, 6.07) is 13.6. The Morgan fingerprint density at radius 2 is 1.85 bits per heavy atom. The molecule has 136 valence electrons. The monoisotopic (exact) mass is 383 g/mol. The summed E-state index contributed by atoms with van der Waals surface area (Å²) in [5.74, 6) is -1.41. The molecule has 0 aromatic heterocycles. The molecule has 0 radical (unpaired) electrons. The highest BCUT2D eigenvalue weighted by atomic mass is 32.2. The second-order valence-electron chi connectivity index (χ2n) is 5.30. The second kappa shape index (κ2) is 8.41. The molecule has 1 heterocycles. The van der Waals surface area contributed by atoms with E-state index in [0.29, 0.717) is 16.7 Å². The van der Waals surface area contributed by atoms with E-state index in [2.05, 4.69) is 20.3 Å². The van der Waals surface area contributed by atoms with Crippen molar-refractivity contribution in [3.8, 4) is 11.1 Å². The lowest BCUT2D eigenvalue weighted by atomic mass is 10.00. The number of hydrogen-bond acceptors (Lipinski definition) is 6. The van der Waals surface area contributed by atoms with Gasteiger partial charge < -0.3 is 4.74 Å². The molecule has 1 N–H and O–H groups in total. The van der Waals surface area contributed by atoms with Crippen LogP contribution in [0.25, 0.3) is 11.1 Å². The molecular formula is C19H14FN3O3S. The smallest absolute Gasteiger partial charge is 0.331 e. The fourth-order valence-corrected chi connectivity index (χ4v) is 3.06. The summed E-state index contributed by atoms with van der Waals surface area (Å²) < 4.78 is 18.6. The Bertz CT molecular complexity index is 986. The Labute approximate surface area is 158 Å². The van der Waals surface area contributed by atoms with E-state index in [0.717, 1.165) is 17.8 Å². The number of thioether (sulfide) groups is 1. The van der Waals surface area contributed by atoms with E-state index < -0.39 is 11.9 Å². The number of hydrogen-bond donors (Lipinski definition) is 1. The van der Waals surface area contributed by atoms with Gasteiger partial charge in [-0.1, -0.05) is 42.5 Å². The molecule has 27 heavy (non-hydrogen) atoms. The molecule has 2 aromatic rings. The topological polar surface area (TPSA) is 80.1 Å². The van der Waals surface area contributed by atoms with Crippen molar-refractivity contribution in [2.75, 3.05) is 7.11 Å². The van der Waals surface area contributed by atoms with Gasteiger partial charge in [0.1, 0.15) is 5.82 Å². The number of rotatable bonds is 4. The van der Waals surface area contributed by atoms with Gasteiger partial charge in [-0.2, -0.15) is 5.10 Å². The largest absolute Gasteiger partial charge is 0.466 e. The van der Waals surface area contributed by atoms with Crippen molar-refractivity contribution in [3.05, 3.63) is 70.9 Å². The van der Waals surface area contributed by atoms with Crippen molar-refractivity contribution >= 4 is 35.0 Å². The number of benzene rings is 2. The van der Waals surface area contributed by atoms with Crippen molar-refractivity contribution in [3.63, 3.8) is 0 Å². The van der Waals surface area contributed by atoms with Crippen LogP contribution in [0.5, 0.6) is 0 Å². The first kappa shape index (κ1) is 18.5. The van der Waals surface area contributed by atoms with E-state index >= 15 is 0 Å². The van der Waals surface area contributed by atoms with Crippen molar-refractivity contribution in [1.82, 2.24) is 5.32 Å². The van der Waals surface area contributed by atoms with Crippen LogP contribution in [0.1, 0.15) is 5.56 Å². The van der Waals surface area contributed by atoms with Crippen LogP contribution in [0.4, 0.5) is 4.39 Å². The average Bonchev–Trinajstić information content (AvgIpc) is 3.02. The van der Waals surface area contributed by atoms with Gasteiger partial charge in [-0.15, -0.1) is 5.10 Å². The number of methoxy groups -OCH3 is 1. The Morgan fingerprint density at radius 1 is 1.15 bits per heavy atom. The van der Waals surface area contributed by atoms with Crippen molar-refractivity contribution in [1.29, 1.82) is 0 Å². The zero-order valence-electron chi connectivity index (χ0n) is 14.2. The van der Waals surface area contributed by atoms with E-state index in [1.165, 1.54) is 19.4 Å². The molecule has 2 aromatic carbocycles. The predicted molar refractivity (Wildman–Crippen MR) is 103 cm³/mol. The number of carbonyl (C=O) groups excluding carboxylic acids is 2. The number of amides is 1. The average molecular weight is 383 g/mol. The maximum atomic E-state index is 14.1. The van der Waals surface area contributed by atoms with Gasteiger partial charge in [-0.3, -0.25) is 10.1 Å². The fourth-order valence-electron chi connectivity index (χ4n) is 2.32. The van der Waals surface area contributed by atoms with Gasteiger partial charge in [0, 0.05) is 17.2 Å². The Kier molecular flexibility index (Phi) is 5.77. The van der Waals surface area contributed by atoms with Crippen LogP contribution < -0.4 is 5.32 Å². The molecule has 0 atom stereocenters. The van der Waals surface area contributed by atoms with Crippen LogP contribution in [0.15, 0.2) is 69.7 Å². The second-order valence-corrected chi connectivity index (χ2v) is 6.34. The van der Waals surface area contributed by atoms with Crippen LogP contribution in [-0.4, -0.2) is 30.4 Å². The van der Waals surface area contributed by atoms with Gasteiger partial charge in [0.2, 0.25) is 0 Å². The maximum Gasteiger partial charge on any atom is 0.331 e. The first-order valence-corrected chi connectivity index (χ1v) is 8.64. The zero-order chi connectivity index (χ0) is 19.2. The Morgan fingerprint density at radius 3 is 2.59 bits per heavy atom. The molecule has 0 bridgehead atoms. The van der Waals surface area contributed by atoms with Crippen molar-refractivity contribution in [2.45, 2.75) is 0 Å². The highest BCUT2D eigenvalue weighted by molar-refractivity contribution is 8.18. The molecular weight excluding hydrogens is 369 g/mol. The number of carbonyl (C=O) groups is 2. The molecule has 1 aliphatic heterocycles.